The zero-order valence-electron chi connectivity index (χ0n) is 9.27. The minimum atomic E-state index is -0.510. The predicted octanol–water partition coefficient (Wildman–Crippen LogP) is 2.14. The molecule has 0 saturated heterocycles. The Morgan fingerprint density at radius 2 is 1.80 bits per heavy atom. The average Bonchev–Trinajstić information content (AvgIpc) is 2.16. The first-order chi connectivity index (χ1) is 7.10. The van der Waals surface area contributed by atoms with E-state index in [9.17, 15) is 8.78 Å². The Balaban J connectivity index is 3.09. The van der Waals surface area contributed by atoms with Gasteiger partial charge in [0.15, 0.2) is 0 Å². The van der Waals surface area contributed by atoms with Gasteiger partial charge in [-0.05, 0) is 31.7 Å². The van der Waals surface area contributed by atoms with Crippen molar-refractivity contribution in [3.63, 3.8) is 0 Å². The van der Waals surface area contributed by atoms with Crippen molar-refractivity contribution in [2.24, 2.45) is 0 Å². The molecule has 0 aliphatic heterocycles. The number of nitrogens with zero attached hydrogens (tertiary/aromatic N) is 1. The van der Waals surface area contributed by atoms with Crippen molar-refractivity contribution in [2.75, 3.05) is 25.5 Å². The van der Waals surface area contributed by atoms with E-state index in [4.69, 9.17) is 0 Å². The molecule has 0 spiro atoms. The number of hydrogen-bond acceptors (Lipinski definition) is 2. The largest absolute Gasteiger partial charge is 0.370 e. The molecular formula is C11H16F2N2. The van der Waals surface area contributed by atoms with Gasteiger partial charge >= 0.3 is 0 Å². The van der Waals surface area contributed by atoms with Crippen LogP contribution in [0.2, 0.25) is 0 Å². The van der Waals surface area contributed by atoms with Crippen LogP contribution in [0.15, 0.2) is 12.1 Å². The lowest BCUT2D eigenvalue weighted by Gasteiger charge is -2.19. The van der Waals surface area contributed by atoms with Gasteiger partial charge in [0.1, 0.15) is 17.3 Å². The Hall–Kier alpha value is -1.16. The highest BCUT2D eigenvalue weighted by atomic mass is 19.1. The maximum Gasteiger partial charge on any atom is 0.149 e. The second-order valence-electron chi connectivity index (χ2n) is 3.45. The van der Waals surface area contributed by atoms with Gasteiger partial charge < -0.3 is 10.2 Å². The first-order valence-corrected chi connectivity index (χ1v) is 4.93. The van der Waals surface area contributed by atoms with Gasteiger partial charge in [0.25, 0.3) is 0 Å². The normalized spacial score (nSPS) is 10.5. The average molecular weight is 214 g/mol. The van der Waals surface area contributed by atoms with E-state index in [0.717, 1.165) is 0 Å². The van der Waals surface area contributed by atoms with Crippen LogP contribution in [0.3, 0.4) is 0 Å². The van der Waals surface area contributed by atoms with Crippen molar-refractivity contribution in [3.8, 4) is 0 Å². The molecule has 2 nitrogen and oxygen atoms in total. The van der Waals surface area contributed by atoms with Gasteiger partial charge in [-0.2, -0.15) is 0 Å². The second-order valence-corrected chi connectivity index (χ2v) is 3.45. The van der Waals surface area contributed by atoms with Crippen LogP contribution in [0, 0.1) is 11.6 Å². The van der Waals surface area contributed by atoms with Crippen molar-refractivity contribution in [1.82, 2.24) is 5.32 Å². The van der Waals surface area contributed by atoms with Crippen LogP contribution in [-0.2, 0) is 6.54 Å². The molecule has 1 aromatic rings. The standard InChI is InChI=1S/C11H16F2N2/c1-4-15(3)11-9(12)5-8(7-14-2)6-10(11)13/h5-6,14H,4,7H2,1-3H3. The lowest BCUT2D eigenvalue weighted by Crippen LogP contribution is -2.19. The highest BCUT2D eigenvalue weighted by Gasteiger charge is 2.13. The van der Waals surface area contributed by atoms with Crippen LogP contribution < -0.4 is 10.2 Å². The fraction of sp³-hybridized carbons (Fsp3) is 0.455. The van der Waals surface area contributed by atoms with Crippen LogP contribution in [0.4, 0.5) is 14.5 Å². The molecule has 0 saturated carbocycles. The van der Waals surface area contributed by atoms with Crippen molar-refractivity contribution in [2.45, 2.75) is 13.5 Å². The van der Waals surface area contributed by atoms with Gasteiger partial charge in [-0.1, -0.05) is 0 Å². The Labute approximate surface area is 88.9 Å². The summed E-state index contributed by atoms with van der Waals surface area (Å²) in [6, 6.07) is 2.72. The van der Waals surface area contributed by atoms with Gasteiger partial charge in [-0.3, -0.25) is 0 Å². The van der Waals surface area contributed by atoms with E-state index in [0.29, 0.717) is 18.7 Å². The fourth-order valence-corrected chi connectivity index (χ4v) is 1.45. The Morgan fingerprint density at radius 3 is 2.20 bits per heavy atom. The highest BCUT2D eigenvalue weighted by molar-refractivity contribution is 5.49. The van der Waals surface area contributed by atoms with Crippen LogP contribution in [0.1, 0.15) is 12.5 Å². The maximum absolute atomic E-state index is 13.6. The Bertz CT molecular complexity index is 316. The number of hydrogen-bond donors (Lipinski definition) is 1. The summed E-state index contributed by atoms with van der Waals surface area (Å²) in [5.74, 6) is -1.02. The maximum atomic E-state index is 13.6. The molecule has 0 aliphatic rings. The fourth-order valence-electron chi connectivity index (χ4n) is 1.45. The van der Waals surface area contributed by atoms with Gasteiger partial charge in [0.05, 0.1) is 0 Å². The van der Waals surface area contributed by atoms with Crippen LogP contribution in [0.5, 0.6) is 0 Å². The van der Waals surface area contributed by atoms with Gasteiger partial charge in [-0.25, -0.2) is 8.78 Å². The molecule has 4 heteroatoms. The van der Waals surface area contributed by atoms with E-state index in [1.54, 1.807) is 19.0 Å². The van der Waals surface area contributed by atoms with Gasteiger partial charge in [0, 0.05) is 20.1 Å². The van der Waals surface area contributed by atoms with Crippen LogP contribution >= 0.6 is 0 Å². The van der Waals surface area contributed by atoms with E-state index >= 15 is 0 Å². The van der Waals surface area contributed by atoms with E-state index in [-0.39, 0.29) is 5.69 Å². The molecule has 15 heavy (non-hydrogen) atoms. The molecule has 1 rings (SSSR count). The zero-order valence-corrected chi connectivity index (χ0v) is 9.27. The molecule has 0 heterocycles. The molecule has 1 N–H and O–H groups in total. The molecular weight excluding hydrogens is 198 g/mol. The summed E-state index contributed by atoms with van der Waals surface area (Å²) in [6.45, 7) is 2.88. The van der Waals surface area contributed by atoms with Crippen LogP contribution in [0.25, 0.3) is 0 Å². The summed E-state index contributed by atoms with van der Waals surface area (Å²) in [5.41, 5.74) is 0.651. The van der Waals surface area contributed by atoms with E-state index in [1.165, 1.54) is 12.1 Å². The number of benzene rings is 1. The topological polar surface area (TPSA) is 15.3 Å². The minimum Gasteiger partial charge on any atom is -0.370 e. The molecule has 0 radical (unpaired) electrons. The van der Waals surface area contributed by atoms with Crippen LogP contribution in [-0.4, -0.2) is 20.6 Å². The molecule has 0 aliphatic carbocycles. The third kappa shape index (κ3) is 2.65. The molecule has 0 amide bonds. The predicted molar refractivity (Wildman–Crippen MR) is 58.1 cm³/mol. The number of rotatable bonds is 4. The molecule has 0 fully saturated rings. The third-order valence-corrected chi connectivity index (χ3v) is 2.31. The first-order valence-electron chi connectivity index (χ1n) is 4.93. The van der Waals surface area contributed by atoms with E-state index in [2.05, 4.69) is 5.32 Å². The summed E-state index contributed by atoms with van der Waals surface area (Å²) < 4.78 is 27.1. The SMILES string of the molecule is CCN(C)c1c(F)cc(CNC)cc1F. The minimum absolute atomic E-state index is 0.0392. The summed E-state index contributed by atoms with van der Waals surface area (Å²) in [5, 5.41) is 2.85. The molecule has 84 valence electrons. The summed E-state index contributed by atoms with van der Waals surface area (Å²) in [6.07, 6.45) is 0. The van der Waals surface area contributed by atoms with Crippen molar-refractivity contribution in [3.05, 3.63) is 29.3 Å². The Morgan fingerprint density at radius 1 is 1.27 bits per heavy atom. The number of halogens is 2. The molecule has 0 bridgehead atoms. The second kappa shape index (κ2) is 5.07. The number of nitrogens with one attached hydrogen (secondary N) is 1. The van der Waals surface area contributed by atoms with Gasteiger partial charge in [-0.15, -0.1) is 0 Å². The van der Waals surface area contributed by atoms with E-state index < -0.39 is 11.6 Å². The van der Waals surface area contributed by atoms with E-state index in [1.807, 2.05) is 6.92 Å². The Kier molecular flexibility index (Phi) is 4.03. The van der Waals surface area contributed by atoms with Gasteiger partial charge in [0.2, 0.25) is 0 Å². The summed E-state index contributed by atoms with van der Waals surface area (Å²) in [4.78, 5) is 1.55. The quantitative estimate of drug-likeness (QED) is 0.826. The monoisotopic (exact) mass is 214 g/mol. The summed E-state index contributed by atoms with van der Waals surface area (Å²) >= 11 is 0. The lowest BCUT2D eigenvalue weighted by atomic mass is 10.1. The van der Waals surface area contributed by atoms with Crippen molar-refractivity contribution >= 4 is 5.69 Å². The first kappa shape index (κ1) is 11.9. The molecule has 0 aromatic heterocycles. The highest BCUT2D eigenvalue weighted by Crippen LogP contribution is 2.23. The molecule has 0 atom stereocenters. The third-order valence-electron chi connectivity index (χ3n) is 2.31. The van der Waals surface area contributed by atoms with Crippen molar-refractivity contribution < 1.29 is 8.78 Å². The molecule has 0 unspecified atom stereocenters. The number of anilines is 1. The van der Waals surface area contributed by atoms with Crippen molar-refractivity contribution in [1.29, 1.82) is 0 Å². The lowest BCUT2D eigenvalue weighted by molar-refractivity contribution is 0.573. The zero-order chi connectivity index (χ0) is 11.4. The smallest absolute Gasteiger partial charge is 0.149 e. The molecule has 1 aromatic carbocycles. The summed E-state index contributed by atoms with van der Waals surface area (Å²) in [7, 11) is 3.40.